The Morgan fingerprint density at radius 3 is 2.86 bits per heavy atom. The Bertz CT molecular complexity index is 1030. The van der Waals surface area contributed by atoms with Gasteiger partial charge in [0.15, 0.2) is 0 Å². The summed E-state index contributed by atoms with van der Waals surface area (Å²) < 4.78 is 10.8. The molecule has 1 aliphatic heterocycles. The normalized spacial score (nSPS) is 13.8. The van der Waals surface area contributed by atoms with Crippen LogP contribution in [0.1, 0.15) is 16.8 Å². The fourth-order valence-corrected chi connectivity index (χ4v) is 3.51. The molecule has 0 bridgehead atoms. The van der Waals surface area contributed by atoms with Gasteiger partial charge >= 0.3 is 0 Å². The Morgan fingerprint density at radius 2 is 2.11 bits per heavy atom. The predicted molar refractivity (Wildman–Crippen MR) is 105 cm³/mol. The number of H-pyrrole nitrogens is 1. The minimum Gasteiger partial charge on any atom is -0.497 e. The van der Waals surface area contributed by atoms with E-state index in [2.05, 4.69) is 14.9 Å². The number of methoxy groups -OCH3 is 2. The van der Waals surface area contributed by atoms with Crippen molar-refractivity contribution in [2.45, 2.75) is 19.5 Å². The SMILES string of the molecule is COc1ccc(OC)c(CN2CCc3c(nc(-c4cccnc4)[nH]c3=O)C2)c1. The summed E-state index contributed by atoms with van der Waals surface area (Å²) in [4.78, 5) is 26.5. The number of nitrogens with zero attached hydrogens (tertiary/aromatic N) is 3. The summed E-state index contributed by atoms with van der Waals surface area (Å²) >= 11 is 0. The molecule has 2 aromatic heterocycles. The summed E-state index contributed by atoms with van der Waals surface area (Å²) in [5, 5.41) is 0. The van der Waals surface area contributed by atoms with Crippen molar-refractivity contribution in [3.8, 4) is 22.9 Å². The molecule has 28 heavy (non-hydrogen) atoms. The van der Waals surface area contributed by atoms with Crippen LogP contribution in [0.5, 0.6) is 11.5 Å². The fraction of sp³-hybridized carbons (Fsp3) is 0.286. The number of hydrogen-bond donors (Lipinski definition) is 1. The number of hydrogen-bond acceptors (Lipinski definition) is 6. The molecule has 1 N–H and O–H groups in total. The van der Waals surface area contributed by atoms with Gasteiger partial charge in [0.2, 0.25) is 0 Å². The molecular formula is C21H22N4O3. The summed E-state index contributed by atoms with van der Waals surface area (Å²) in [6.45, 7) is 2.08. The van der Waals surface area contributed by atoms with Crippen LogP contribution in [0.2, 0.25) is 0 Å². The fourth-order valence-electron chi connectivity index (χ4n) is 3.51. The van der Waals surface area contributed by atoms with Gasteiger partial charge in [0.05, 0.1) is 19.9 Å². The highest BCUT2D eigenvalue weighted by Gasteiger charge is 2.22. The first-order valence-electron chi connectivity index (χ1n) is 9.13. The van der Waals surface area contributed by atoms with Gasteiger partial charge < -0.3 is 14.5 Å². The molecule has 0 spiro atoms. The third-order valence-electron chi connectivity index (χ3n) is 4.97. The maximum Gasteiger partial charge on any atom is 0.254 e. The van der Waals surface area contributed by atoms with Crippen molar-refractivity contribution in [3.05, 3.63) is 69.9 Å². The van der Waals surface area contributed by atoms with Crippen LogP contribution in [-0.4, -0.2) is 40.6 Å². The van der Waals surface area contributed by atoms with Gasteiger partial charge in [-0.1, -0.05) is 0 Å². The first-order chi connectivity index (χ1) is 13.7. The van der Waals surface area contributed by atoms with Gasteiger partial charge in [0.1, 0.15) is 17.3 Å². The molecule has 7 nitrogen and oxygen atoms in total. The van der Waals surface area contributed by atoms with Gasteiger partial charge in [-0.2, -0.15) is 0 Å². The lowest BCUT2D eigenvalue weighted by Crippen LogP contribution is -2.35. The average Bonchev–Trinajstić information content (AvgIpc) is 2.74. The second-order valence-corrected chi connectivity index (χ2v) is 6.72. The second-order valence-electron chi connectivity index (χ2n) is 6.72. The number of nitrogens with one attached hydrogen (secondary N) is 1. The zero-order valence-corrected chi connectivity index (χ0v) is 15.9. The minimum absolute atomic E-state index is 0.0672. The number of rotatable bonds is 5. The van der Waals surface area contributed by atoms with Gasteiger partial charge in [-0.05, 0) is 36.8 Å². The number of aromatic amines is 1. The van der Waals surface area contributed by atoms with Crippen LogP contribution in [-0.2, 0) is 19.5 Å². The summed E-state index contributed by atoms with van der Waals surface area (Å²) in [5.41, 5.74) is 3.36. The molecule has 0 amide bonds. The highest BCUT2D eigenvalue weighted by Crippen LogP contribution is 2.27. The van der Waals surface area contributed by atoms with Crippen LogP contribution in [0.25, 0.3) is 11.4 Å². The molecule has 0 fully saturated rings. The lowest BCUT2D eigenvalue weighted by Gasteiger charge is -2.28. The van der Waals surface area contributed by atoms with Crippen LogP contribution in [0.4, 0.5) is 0 Å². The molecule has 0 aliphatic carbocycles. The van der Waals surface area contributed by atoms with E-state index in [0.717, 1.165) is 40.4 Å². The van der Waals surface area contributed by atoms with Gasteiger partial charge in [-0.25, -0.2) is 4.98 Å². The van der Waals surface area contributed by atoms with E-state index in [-0.39, 0.29) is 5.56 Å². The summed E-state index contributed by atoms with van der Waals surface area (Å²) in [5.74, 6) is 2.17. The van der Waals surface area contributed by atoms with Crippen LogP contribution in [0, 0.1) is 0 Å². The largest absolute Gasteiger partial charge is 0.497 e. The molecule has 0 radical (unpaired) electrons. The zero-order valence-electron chi connectivity index (χ0n) is 15.9. The van der Waals surface area contributed by atoms with Crippen LogP contribution in [0.15, 0.2) is 47.5 Å². The van der Waals surface area contributed by atoms with Crippen molar-refractivity contribution in [1.82, 2.24) is 19.9 Å². The van der Waals surface area contributed by atoms with E-state index in [1.54, 1.807) is 26.6 Å². The molecule has 3 aromatic rings. The zero-order chi connectivity index (χ0) is 19.5. The highest BCUT2D eigenvalue weighted by molar-refractivity contribution is 5.53. The third kappa shape index (κ3) is 3.61. The first kappa shape index (κ1) is 18.2. The molecule has 4 rings (SSSR count). The predicted octanol–water partition coefficient (Wildman–Crippen LogP) is 2.41. The van der Waals surface area contributed by atoms with Crippen molar-refractivity contribution in [2.75, 3.05) is 20.8 Å². The number of benzene rings is 1. The molecule has 144 valence electrons. The van der Waals surface area contributed by atoms with E-state index < -0.39 is 0 Å². The smallest absolute Gasteiger partial charge is 0.254 e. The summed E-state index contributed by atoms with van der Waals surface area (Å²) in [6.07, 6.45) is 4.06. The van der Waals surface area contributed by atoms with Crippen LogP contribution in [0.3, 0.4) is 0 Å². The number of ether oxygens (including phenoxy) is 2. The third-order valence-corrected chi connectivity index (χ3v) is 4.97. The van der Waals surface area contributed by atoms with Crippen molar-refractivity contribution >= 4 is 0 Å². The Balaban J connectivity index is 1.61. The molecule has 7 heteroatoms. The molecule has 0 saturated heterocycles. The van der Waals surface area contributed by atoms with Crippen LogP contribution >= 0.6 is 0 Å². The van der Waals surface area contributed by atoms with Gasteiger partial charge in [-0.15, -0.1) is 0 Å². The molecule has 1 aliphatic rings. The Kier molecular flexibility index (Phi) is 5.08. The molecular weight excluding hydrogens is 356 g/mol. The van der Waals surface area contributed by atoms with Gasteiger partial charge in [0.25, 0.3) is 5.56 Å². The minimum atomic E-state index is -0.0672. The van der Waals surface area contributed by atoms with Gasteiger partial charge in [-0.3, -0.25) is 14.7 Å². The van der Waals surface area contributed by atoms with E-state index in [1.165, 1.54) is 0 Å². The number of fused-ring (bicyclic) bond motifs is 1. The molecule has 3 heterocycles. The van der Waals surface area contributed by atoms with Crippen molar-refractivity contribution in [2.24, 2.45) is 0 Å². The summed E-state index contributed by atoms with van der Waals surface area (Å²) in [6, 6.07) is 9.50. The second kappa shape index (κ2) is 7.82. The van der Waals surface area contributed by atoms with E-state index in [0.29, 0.717) is 25.3 Å². The molecule has 0 atom stereocenters. The van der Waals surface area contributed by atoms with E-state index in [9.17, 15) is 4.79 Å². The number of pyridine rings is 1. The molecule has 0 unspecified atom stereocenters. The quantitative estimate of drug-likeness (QED) is 0.734. The Hall–Kier alpha value is -3.19. The lowest BCUT2D eigenvalue weighted by molar-refractivity contribution is 0.236. The highest BCUT2D eigenvalue weighted by atomic mass is 16.5. The maximum absolute atomic E-state index is 12.5. The van der Waals surface area contributed by atoms with Gasteiger partial charge in [0, 0.05) is 48.7 Å². The van der Waals surface area contributed by atoms with Crippen molar-refractivity contribution in [3.63, 3.8) is 0 Å². The summed E-state index contributed by atoms with van der Waals surface area (Å²) in [7, 11) is 3.32. The molecule has 1 aromatic carbocycles. The average molecular weight is 378 g/mol. The maximum atomic E-state index is 12.5. The lowest BCUT2D eigenvalue weighted by atomic mass is 10.0. The van der Waals surface area contributed by atoms with Crippen molar-refractivity contribution in [1.29, 1.82) is 0 Å². The monoisotopic (exact) mass is 378 g/mol. The van der Waals surface area contributed by atoms with E-state index in [1.807, 2.05) is 30.3 Å². The topological polar surface area (TPSA) is 80.3 Å². The molecule has 0 saturated carbocycles. The van der Waals surface area contributed by atoms with E-state index >= 15 is 0 Å². The number of aromatic nitrogens is 3. The van der Waals surface area contributed by atoms with Crippen molar-refractivity contribution < 1.29 is 9.47 Å². The van der Waals surface area contributed by atoms with Crippen LogP contribution < -0.4 is 15.0 Å². The Labute approximate surface area is 163 Å². The first-order valence-corrected chi connectivity index (χ1v) is 9.13. The standard InChI is InChI=1S/C21H22N4O3/c1-27-16-5-6-19(28-2)15(10-16)12-25-9-7-17-18(13-25)23-20(24-21(17)26)14-4-3-8-22-11-14/h3-6,8,10-11H,7,9,12-13H2,1-2H3,(H,23,24,26). The van der Waals surface area contributed by atoms with E-state index in [4.69, 9.17) is 14.5 Å². The Morgan fingerprint density at radius 1 is 1.21 bits per heavy atom.